The molecule has 0 saturated heterocycles. The number of allylic oxidation sites excluding steroid dienone is 1. The Morgan fingerprint density at radius 1 is 1.75 bits per heavy atom. The zero-order chi connectivity index (χ0) is 9.40. The molecule has 0 aliphatic heterocycles. The van der Waals surface area contributed by atoms with Gasteiger partial charge < -0.3 is 4.74 Å². The Balaban J connectivity index is 3.96. The Morgan fingerprint density at radius 3 is 2.83 bits per heavy atom. The first-order chi connectivity index (χ1) is 5.74. The number of rotatable bonds is 4. The molecule has 0 unspecified atom stereocenters. The predicted molar refractivity (Wildman–Crippen MR) is 45.7 cm³/mol. The second-order valence-electron chi connectivity index (χ2n) is 2.05. The lowest BCUT2D eigenvalue weighted by Crippen LogP contribution is -2.05. The molecule has 0 bridgehead atoms. The zero-order valence-electron chi connectivity index (χ0n) is 6.84. The van der Waals surface area contributed by atoms with Gasteiger partial charge in [0.05, 0.1) is 19.1 Å². The summed E-state index contributed by atoms with van der Waals surface area (Å²) in [6, 6.07) is 1.81. The van der Waals surface area contributed by atoms with E-state index < -0.39 is 0 Å². The molecule has 0 heterocycles. The molecule has 4 heteroatoms. The van der Waals surface area contributed by atoms with E-state index in [2.05, 4.69) is 4.74 Å². The number of halogens is 1. The molecule has 66 valence electrons. The van der Waals surface area contributed by atoms with Gasteiger partial charge in [0.2, 0.25) is 0 Å². The number of hydrogen-bond donors (Lipinski definition) is 0. The highest BCUT2D eigenvalue weighted by molar-refractivity contribution is 6.19. The first-order valence-electron chi connectivity index (χ1n) is 3.53. The number of hydrogen-bond acceptors (Lipinski definition) is 3. The zero-order valence-corrected chi connectivity index (χ0v) is 7.60. The predicted octanol–water partition coefficient (Wildman–Crippen LogP) is 1.63. The van der Waals surface area contributed by atoms with Crippen LogP contribution in [0.2, 0.25) is 0 Å². The van der Waals surface area contributed by atoms with E-state index in [1.807, 2.05) is 6.07 Å². The summed E-state index contributed by atoms with van der Waals surface area (Å²) < 4.78 is 4.67. The second-order valence-corrected chi connectivity index (χ2v) is 2.31. The average molecular weight is 188 g/mol. The van der Waals surface area contributed by atoms with Crippen LogP contribution in [0.25, 0.3) is 0 Å². The van der Waals surface area contributed by atoms with Gasteiger partial charge in [-0.05, 0) is 12.5 Å². The van der Waals surface area contributed by atoms with E-state index in [1.165, 1.54) is 6.08 Å². The van der Waals surface area contributed by atoms with Crippen molar-refractivity contribution >= 4 is 17.6 Å². The standard InChI is InChI=1S/C8H10ClNO2/c1-2-12-8(11)5-7(6-9)3-4-10/h3H,2,5-6H2,1H3/b7-3-. The van der Waals surface area contributed by atoms with Crippen molar-refractivity contribution in [2.45, 2.75) is 13.3 Å². The van der Waals surface area contributed by atoms with Crippen LogP contribution < -0.4 is 0 Å². The number of nitriles is 1. The highest BCUT2D eigenvalue weighted by atomic mass is 35.5. The Bertz CT molecular complexity index is 218. The van der Waals surface area contributed by atoms with Crippen LogP contribution in [-0.2, 0) is 9.53 Å². The van der Waals surface area contributed by atoms with Crippen LogP contribution in [0, 0.1) is 11.3 Å². The first kappa shape index (κ1) is 11.0. The molecule has 0 fully saturated rings. The fourth-order valence-corrected chi connectivity index (χ4v) is 0.797. The highest BCUT2D eigenvalue weighted by Crippen LogP contribution is 2.04. The molecule has 0 aromatic heterocycles. The quantitative estimate of drug-likeness (QED) is 0.382. The fourth-order valence-electron chi connectivity index (χ4n) is 0.626. The molecule has 0 aromatic rings. The lowest BCUT2D eigenvalue weighted by atomic mass is 10.2. The average Bonchev–Trinajstić information content (AvgIpc) is 2.04. The van der Waals surface area contributed by atoms with Crippen molar-refractivity contribution < 1.29 is 9.53 Å². The number of nitrogens with zero attached hydrogens (tertiary/aromatic N) is 1. The summed E-state index contributed by atoms with van der Waals surface area (Å²) in [6.07, 6.45) is 1.37. The number of carbonyl (C=O) groups excluding carboxylic acids is 1. The summed E-state index contributed by atoms with van der Waals surface area (Å²) in [4.78, 5) is 10.9. The normalized spacial score (nSPS) is 10.6. The minimum absolute atomic E-state index is 0.102. The summed E-state index contributed by atoms with van der Waals surface area (Å²) >= 11 is 5.46. The van der Waals surface area contributed by atoms with Gasteiger partial charge in [-0.1, -0.05) is 0 Å². The first-order valence-corrected chi connectivity index (χ1v) is 4.07. The van der Waals surface area contributed by atoms with Crippen molar-refractivity contribution in [1.29, 1.82) is 5.26 Å². The third-order valence-electron chi connectivity index (χ3n) is 1.12. The molecule has 0 aliphatic rings. The maximum atomic E-state index is 10.9. The van der Waals surface area contributed by atoms with Crippen LogP contribution in [-0.4, -0.2) is 18.5 Å². The third-order valence-corrected chi connectivity index (χ3v) is 1.46. The summed E-state index contributed by atoms with van der Waals surface area (Å²) in [5.74, 6) is -0.161. The van der Waals surface area contributed by atoms with Crippen molar-refractivity contribution in [2.75, 3.05) is 12.5 Å². The summed E-state index contributed by atoms with van der Waals surface area (Å²) in [6.45, 7) is 2.08. The van der Waals surface area contributed by atoms with Gasteiger partial charge in [-0.15, -0.1) is 11.6 Å². The minimum atomic E-state index is -0.348. The van der Waals surface area contributed by atoms with E-state index in [0.717, 1.165) is 0 Å². The van der Waals surface area contributed by atoms with Crippen LogP contribution in [0.5, 0.6) is 0 Å². The van der Waals surface area contributed by atoms with E-state index in [9.17, 15) is 4.79 Å². The largest absolute Gasteiger partial charge is 0.466 e. The Kier molecular flexibility index (Phi) is 6.12. The highest BCUT2D eigenvalue weighted by Gasteiger charge is 2.04. The van der Waals surface area contributed by atoms with E-state index in [0.29, 0.717) is 12.2 Å². The van der Waals surface area contributed by atoms with E-state index in [1.54, 1.807) is 6.92 Å². The van der Waals surface area contributed by atoms with Gasteiger partial charge in [-0.25, -0.2) is 0 Å². The van der Waals surface area contributed by atoms with Gasteiger partial charge >= 0.3 is 5.97 Å². The summed E-state index contributed by atoms with van der Waals surface area (Å²) in [5.41, 5.74) is 0.581. The van der Waals surface area contributed by atoms with Gasteiger partial charge in [0.1, 0.15) is 0 Å². The molecule has 0 atom stereocenters. The molecule has 0 aromatic carbocycles. The van der Waals surface area contributed by atoms with Gasteiger partial charge in [0, 0.05) is 12.0 Å². The Labute approximate surface area is 76.6 Å². The molecule has 0 rings (SSSR count). The van der Waals surface area contributed by atoms with Crippen molar-refractivity contribution in [3.8, 4) is 6.07 Å². The number of ether oxygens (including phenoxy) is 1. The van der Waals surface area contributed by atoms with Crippen molar-refractivity contribution in [1.82, 2.24) is 0 Å². The molecule has 0 aliphatic carbocycles. The molecule has 3 nitrogen and oxygen atoms in total. The van der Waals surface area contributed by atoms with Crippen LogP contribution >= 0.6 is 11.6 Å². The van der Waals surface area contributed by atoms with Gasteiger partial charge in [-0.2, -0.15) is 5.26 Å². The van der Waals surface area contributed by atoms with E-state index >= 15 is 0 Å². The lowest BCUT2D eigenvalue weighted by Gasteiger charge is -2.01. The molecule has 0 radical (unpaired) electrons. The van der Waals surface area contributed by atoms with Crippen LogP contribution in [0.15, 0.2) is 11.6 Å². The number of carbonyl (C=O) groups is 1. The summed E-state index contributed by atoms with van der Waals surface area (Å²) in [5, 5.41) is 8.27. The van der Waals surface area contributed by atoms with E-state index in [-0.39, 0.29) is 18.3 Å². The number of esters is 1. The lowest BCUT2D eigenvalue weighted by molar-refractivity contribution is -0.142. The molecule has 0 N–H and O–H groups in total. The monoisotopic (exact) mass is 187 g/mol. The van der Waals surface area contributed by atoms with Gasteiger partial charge in [0.25, 0.3) is 0 Å². The number of alkyl halides is 1. The van der Waals surface area contributed by atoms with E-state index in [4.69, 9.17) is 16.9 Å². The van der Waals surface area contributed by atoms with Gasteiger partial charge in [0.15, 0.2) is 0 Å². The van der Waals surface area contributed by atoms with Crippen molar-refractivity contribution in [2.24, 2.45) is 0 Å². The maximum Gasteiger partial charge on any atom is 0.309 e. The molecular weight excluding hydrogens is 178 g/mol. The summed E-state index contributed by atoms with van der Waals surface area (Å²) in [7, 11) is 0. The molecular formula is C8H10ClNO2. The second kappa shape index (κ2) is 6.68. The van der Waals surface area contributed by atoms with Crippen molar-refractivity contribution in [3.05, 3.63) is 11.6 Å². The smallest absolute Gasteiger partial charge is 0.309 e. The van der Waals surface area contributed by atoms with Gasteiger partial charge in [-0.3, -0.25) is 4.79 Å². The Hall–Kier alpha value is -1.01. The van der Waals surface area contributed by atoms with Crippen LogP contribution in [0.1, 0.15) is 13.3 Å². The topological polar surface area (TPSA) is 50.1 Å². The van der Waals surface area contributed by atoms with Crippen LogP contribution in [0.4, 0.5) is 0 Å². The molecule has 0 saturated carbocycles. The molecule has 12 heavy (non-hydrogen) atoms. The minimum Gasteiger partial charge on any atom is -0.466 e. The maximum absolute atomic E-state index is 10.9. The fraction of sp³-hybridized carbons (Fsp3) is 0.500. The van der Waals surface area contributed by atoms with Crippen LogP contribution in [0.3, 0.4) is 0 Å². The SMILES string of the molecule is CCOC(=O)C/C(=C/C#N)CCl. The third kappa shape index (κ3) is 4.75. The molecule has 0 spiro atoms. The molecule has 0 amide bonds. The Morgan fingerprint density at radius 2 is 2.42 bits per heavy atom. The van der Waals surface area contributed by atoms with Crippen molar-refractivity contribution in [3.63, 3.8) is 0 Å².